The van der Waals surface area contributed by atoms with E-state index in [0.717, 1.165) is 60.9 Å². The van der Waals surface area contributed by atoms with E-state index in [1.807, 2.05) is 18.2 Å². The Morgan fingerprint density at radius 1 is 1.06 bits per heavy atom. The van der Waals surface area contributed by atoms with E-state index >= 15 is 0 Å². The van der Waals surface area contributed by atoms with Crippen LogP contribution in [-0.4, -0.2) is 55.7 Å². The molecule has 0 aliphatic rings. The van der Waals surface area contributed by atoms with E-state index in [9.17, 15) is 4.79 Å². The van der Waals surface area contributed by atoms with Crippen molar-refractivity contribution in [1.82, 2.24) is 15.2 Å². The summed E-state index contributed by atoms with van der Waals surface area (Å²) < 4.78 is 11.1. The molecule has 1 heterocycles. The maximum atomic E-state index is 13.3. The topological polar surface area (TPSA) is 66.6 Å². The molecule has 196 valence electrons. The first-order valence-corrected chi connectivity index (χ1v) is 13.3. The predicted molar refractivity (Wildman–Crippen MR) is 148 cm³/mol. The van der Waals surface area contributed by atoms with Crippen LogP contribution in [0.3, 0.4) is 0 Å². The van der Waals surface area contributed by atoms with Crippen molar-refractivity contribution in [2.45, 2.75) is 65.3 Å². The van der Waals surface area contributed by atoms with Gasteiger partial charge in [0.15, 0.2) is 0 Å². The van der Waals surface area contributed by atoms with Gasteiger partial charge in [0.1, 0.15) is 11.5 Å². The summed E-state index contributed by atoms with van der Waals surface area (Å²) in [5.74, 6) is 1.35. The van der Waals surface area contributed by atoms with Crippen LogP contribution in [0.2, 0.25) is 0 Å². The molecule has 0 spiro atoms. The Balaban J connectivity index is 1.86. The monoisotopic (exact) mass is 493 g/mol. The number of methoxy groups -OCH3 is 2. The lowest BCUT2D eigenvalue weighted by molar-refractivity contribution is -0.121. The lowest BCUT2D eigenvalue weighted by Crippen LogP contribution is -2.34. The fraction of sp³-hybridized carbons (Fsp3) is 0.500. The van der Waals surface area contributed by atoms with Gasteiger partial charge in [-0.3, -0.25) is 4.79 Å². The van der Waals surface area contributed by atoms with Gasteiger partial charge >= 0.3 is 0 Å². The second-order valence-electron chi connectivity index (χ2n) is 9.48. The highest BCUT2D eigenvalue weighted by molar-refractivity contribution is 5.88. The lowest BCUT2D eigenvalue weighted by atomic mass is 9.87. The number of benzene rings is 2. The third-order valence-corrected chi connectivity index (χ3v) is 7.17. The molecule has 0 saturated heterocycles. The van der Waals surface area contributed by atoms with Crippen LogP contribution in [-0.2, 0) is 11.2 Å². The number of amides is 1. The number of rotatable bonds is 14. The highest BCUT2D eigenvalue weighted by Gasteiger charge is 2.24. The van der Waals surface area contributed by atoms with Crippen LogP contribution in [0.4, 0.5) is 0 Å². The molecule has 0 aliphatic heterocycles. The summed E-state index contributed by atoms with van der Waals surface area (Å²) in [6.07, 6.45) is 5.39. The average Bonchev–Trinajstić information content (AvgIpc) is 3.33. The van der Waals surface area contributed by atoms with Crippen molar-refractivity contribution in [3.05, 3.63) is 59.3 Å². The third kappa shape index (κ3) is 6.82. The van der Waals surface area contributed by atoms with E-state index in [0.29, 0.717) is 17.9 Å². The van der Waals surface area contributed by atoms with Crippen LogP contribution in [0.1, 0.15) is 69.6 Å². The van der Waals surface area contributed by atoms with Crippen molar-refractivity contribution >= 4 is 16.8 Å². The first kappa shape index (κ1) is 27.6. The van der Waals surface area contributed by atoms with E-state index in [4.69, 9.17) is 9.47 Å². The molecule has 0 aliphatic carbocycles. The molecular formula is C30H43N3O3. The number of carbonyl (C=O) groups excluding carboxylic acids is 1. The normalized spacial score (nSPS) is 13.1. The average molecular weight is 494 g/mol. The molecule has 0 saturated carbocycles. The molecule has 2 aromatic carbocycles. The molecule has 3 rings (SSSR count). The van der Waals surface area contributed by atoms with E-state index in [2.05, 4.69) is 67.3 Å². The number of carbonyl (C=O) groups is 1. The second kappa shape index (κ2) is 13.4. The molecule has 0 fully saturated rings. The Labute approximate surface area is 216 Å². The number of aryl methyl sites for hydroxylation is 1. The number of hydrogen-bond acceptors (Lipinski definition) is 4. The minimum atomic E-state index is -0.141. The Morgan fingerprint density at radius 3 is 2.36 bits per heavy atom. The number of para-hydroxylation sites is 1. The lowest BCUT2D eigenvalue weighted by Gasteiger charge is -2.22. The molecule has 1 aromatic heterocycles. The zero-order valence-electron chi connectivity index (χ0n) is 22.8. The van der Waals surface area contributed by atoms with Crippen LogP contribution in [0.5, 0.6) is 11.5 Å². The number of hydrogen-bond donors (Lipinski definition) is 2. The summed E-state index contributed by atoms with van der Waals surface area (Å²) in [6, 6.07) is 12.4. The number of fused-ring (bicyclic) bond motifs is 1. The van der Waals surface area contributed by atoms with Gasteiger partial charge < -0.3 is 24.7 Å². The van der Waals surface area contributed by atoms with Gasteiger partial charge in [-0.15, -0.1) is 0 Å². The summed E-state index contributed by atoms with van der Waals surface area (Å²) in [6.45, 7) is 11.8. The third-order valence-electron chi connectivity index (χ3n) is 7.17. The zero-order valence-corrected chi connectivity index (χ0v) is 22.8. The molecule has 0 radical (unpaired) electrons. The summed E-state index contributed by atoms with van der Waals surface area (Å²) in [5.41, 5.74) is 4.52. The number of H-pyrrole nitrogens is 1. The van der Waals surface area contributed by atoms with Gasteiger partial charge in [0.05, 0.1) is 14.2 Å². The highest BCUT2D eigenvalue weighted by Crippen LogP contribution is 2.37. The maximum Gasteiger partial charge on any atom is 0.221 e. The maximum absolute atomic E-state index is 13.3. The van der Waals surface area contributed by atoms with Crippen LogP contribution in [0.15, 0.2) is 42.6 Å². The van der Waals surface area contributed by atoms with Gasteiger partial charge in [-0.05, 0) is 74.6 Å². The molecule has 2 atom stereocenters. The molecule has 2 unspecified atom stereocenters. The largest absolute Gasteiger partial charge is 0.497 e. The summed E-state index contributed by atoms with van der Waals surface area (Å²) >= 11 is 0. The molecule has 36 heavy (non-hydrogen) atoms. The van der Waals surface area contributed by atoms with Gasteiger partial charge in [0, 0.05) is 41.5 Å². The first-order valence-electron chi connectivity index (χ1n) is 13.3. The SMILES string of the molecule is CCc1cccc2c(C(CC(=O)NC(C)CCCN(CC)CC)c3cc(OC)cc(OC)c3)c[nH]c12. The standard InChI is InChI=1S/C30H43N3O3/c1-7-22-13-10-14-26-28(20-31-30(22)26)27(23-16-24(35-5)18-25(17-23)36-6)19-29(34)32-21(4)12-11-15-33(8-2)9-3/h10,13-14,16-18,20-21,27,31H,7-9,11-12,15,19H2,1-6H3,(H,32,34). The summed E-state index contributed by atoms with van der Waals surface area (Å²) in [5, 5.41) is 4.40. The molecule has 2 N–H and O–H groups in total. The summed E-state index contributed by atoms with van der Waals surface area (Å²) in [4.78, 5) is 19.2. The van der Waals surface area contributed by atoms with Crippen molar-refractivity contribution in [2.75, 3.05) is 33.9 Å². The van der Waals surface area contributed by atoms with Gasteiger partial charge in [-0.1, -0.05) is 39.0 Å². The van der Waals surface area contributed by atoms with E-state index < -0.39 is 0 Å². The minimum absolute atomic E-state index is 0.0538. The Kier molecular flexibility index (Phi) is 10.2. The fourth-order valence-electron chi connectivity index (χ4n) is 5.01. The zero-order chi connectivity index (χ0) is 26.1. The van der Waals surface area contributed by atoms with E-state index in [-0.39, 0.29) is 17.9 Å². The van der Waals surface area contributed by atoms with Crippen molar-refractivity contribution < 1.29 is 14.3 Å². The Morgan fingerprint density at radius 2 is 1.75 bits per heavy atom. The van der Waals surface area contributed by atoms with Crippen LogP contribution in [0.25, 0.3) is 10.9 Å². The highest BCUT2D eigenvalue weighted by atomic mass is 16.5. The minimum Gasteiger partial charge on any atom is -0.497 e. The molecule has 3 aromatic rings. The quantitative estimate of drug-likeness (QED) is 0.294. The van der Waals surface area contributed by atoms with E-state index in [1.165, 1.54) is 5.56 Å². The number of aromatic nitrogens is 1. The van der Waals surface area contributed by atoms with Crippen LogP contribution >= 0.6 is 0 Å². The van der Waals surface area contributed by atoms with Crippen molar-refractivity contribution in [2.24, 2.45) is 0 Å². The van der Waals surface area contributed by atoms with Gasteiger partial charge in [-0.25, -0.2) is 0 Å². The Bertz CT molecular complexity index is 1100. The van der Waals surface area contributed by atoms with Gasteiger partial charge in [0.2, 0.25) is 5.91 Å². The molecule has 6 nitrogen and oxygen atoms in total. The van der Waals surface area contributed by atoms with Crippen LogP contribution in [0, 0.1) is 0 Å². The van der Waals surface area contributed by atoms with Crippen molar-refractivity contribution in [3.63, 3.8) is 0 Å². The predicted octanol–water partition coefficient (Wildman–Crippen LogP) is 5.90. The molecule has 0 bridgehead atoms. The molecule has 6 heteroatoms. The first-order chi connectivity index (χ1) is 17.4. The number of ether oxygens (including phenoxy) is 2. The van der Waals surface area contributed by atoms with Gasteiger partial charge in [0.25, 0.3) is 0 Å². The van der Waals surface area contributed by atoms with Crippen LogP contribution < -0.4 is 14.8 Å². The number of nitrogens with zero attached hydrogens (tertiary/aromatic N) is 1. The van der Waals surface area contributed by atoms with Crippen molar-refractivity contribution in [3.8, 4) is 11.5 Å². The van der Waals surface area contributed by atoms with E-state index in [1.54, 1.807) is 14.2 Å². The summed E-state index contributed by atoms with van der Waals surface area (Å²) in [7, 11) is 3.30. The fourth-order valence-corrected chi connectivity index (χ4v) is 5.01. The smallest absolute Gasteiger partial charge is 0.221 e. The van der Waals surface area contributed by atoms with Gasteiger partial charge in [-0.2, -0.15) is 0 Å². The molecule has 1 amide bonds. The number of aromatic amines is 1. The number of nitrogens with one attached hydrogen (secondary N) is 2. The van der Waals surface area contributed by atoms with Crippen molar-refractivity contribution in [1.29, 1.82) is 0 Å². The second-order valence-corrected chi connectivity index (χ2v) is 9.48. The molecular weight excluding hydrogens is 450 g/mol. The Hall–Kier alpha value is -2.99.